The fourth-order valence-corrected chi connectivity index (χ4v) is 2.43. The molecule has 1 saturated heterocycles. The molecule has 0 radical (unpaired) electrons. The van der Waals surface area contributed by atoms with Crippen molar-refractivity contribution in [3.05, 3.63) is 12.7 Å². The van der Waals surface area contributed by atoms with Crippen LogP contribution in [0.3, 0.4) is 0 Å². The average Bonchev–Trinajstić information content (AvgIpc) is 3.08. The van der Waals surface area contributed by atoms with Crippen LogP contribution in [-0.4, -0.2) is 54.9 Å². The molecular weight excluding hydrogens is 262 g/mol. The number of carbonyl (C=O) groups is 1. The molecule has 0 aromatic carbocycles. The number of fused-ring (bicyclic) bond motifs is 1. The first-order chi connectivity index (χ1) is 9.66. The Morgan fingerprint density at radius 2 is 2.05 bits per heavy atom. The number of nitrogens with zero attached hydrogens (tertiary/aromatic N) is 5. The molecule has 0 bridgehead atoms. The van der Waals surface area contributed by atoms with E-state index in [0.29, 0.717) is 11.2 Å². The Kier molecular flexibility index (Phi) is 3.23. The Morgan fingerprint density at radius 3 is 2.75 bits per heavy atom. The third-order valence-corrected chi connectivity index (χ3v) is 3.44. The molecule has 8 nitrogen and oxygen atoms in total. The normalized spacial score (nSPS) is 16.8. The first kappa shape index (κ1) is 12.8. The van der Waals surface area contributed by atoms with Crippen LogP contribution in [-0.2, 0) is 11.3 Å². The summed E-state index contributed by atoms with van der Waals surface area (Å²) in [7, 11) is 0. The van der Waals surface area contributed by atoms with Gasteiger partial charge in [-0.05, 0) is 12.8 Å². The zero-order chi connectivity index (χ0) is 14.1. The van der Waals surface area contributed by atoms with E-state index in [2.05, 4.69) is 19.9 Å². The first-order valence-corrected chi connectivity index (χ1v) is 6.48. The molecule has 2 aromatic heterocycles. The molecule has 20 heavy (non-hydrogen) atoms. The molecule has 0 saturated carbocycles. The van der Waals surface area contributed by atoms with Crippen molar-refractivity contribution in [2.45, 2.75) is 25.5 Å². The molecule has 0 spiro atoms. The molecule has 8 heteroatoms. The number of hydrogen-bond donors (Lipinski definition) is 2. The largest absolute Gasteiger partial charge is 0.479 e. The third-order valence-electron chi connectivity index (χ3n) is 3.44. The number of aliphatic hydroxyl groups is 1. The molecule has 1 unspecified atom stereocenters. The number of aromatic nitrogens is 4. The zero-order valence-corrected chi connectivity index (χ0v) is 10.8. The van der Waals surface area contributed by atoms with Crippen LogP contribution < -0.4 is 4.90 Å². The van der Waals surface area contributed by atoms with Crippen molar-refractivity contribution >= 4 is 23.0 Å². The van der Waals surface area contributed by atoms with Gasteiger partial charge in [0.25, 0.3) is 0 Å². The Morgan fingerprint density at radius 1 is 1.30 bits per heavy atom. The molecule has 1 atom stereocenters. The number of aliphatic carboxylic acids is 1. The number of carboxylic acids is 1. The molecule has 3 heterocycles. The van der Waals surface area contributed by atoms with Crippen LogP contribution in [0.25, 0.3) is 11.2 Å². The molecule has 2 aromatic rings. The molecular formula is C12H15N5O3. The summed E-state index contributed by atoms with van der Waals surface area (Å²) in [6.45, 7) is 1.80. The number of hydrogen-bond acceptors (Lipinski definition) is 6. The zero-order valence-electron chi connectivity index (χ0n) is 10.8. The Balaban J connectivity index is 1.96. The van der Waals surface area contributed by atoms with Gasteiger partial charge >= 0.3 is 5.97 Å². The topological polar surface area (TPSA) is 104 Å². The second-order valence-electron chi connectivity index (χ2n) is 4.81. The standard InChI is InChI=1S/C12H15N5O3/c18-8(12(19)20)5-17-7-15-9-10(13-6-14-11(9)17)16-3-1-2-4-16/h6-8,18H,1-5H2,(H,19,20). The van der Waals surface area contributed by atoms with Crippen LogP contribution in [0.2, 0.25) is 0 Å². The Labute approximate surface area is 114 Å². The predicted octanol–water partition coefficient (Wildman–Crippen LogP) is -0.128. The second-order valence-corrected chi connectivity index (χ2v) is 4.81. The van der Waals surface area contributed by atoms with E-state index in [1.807, 2.05) is 0 Å². The number of carboxylic acid groups (broad SMARTS) is 1. The van der Waals surface area contributed by atoms with Gasteiger partial charge in [0.15, 0.2) is 23.1 Å². The van der Waals surface area contributed by atoms with Gasteiger partial charge in [-0.3, -0.25) is 0 Å². The summed E-state index contributed by atoms with van der Waals surface area (Å²) in [5, 5.41) is 18.2. The van der Waals surface area contributed by atoms with Crippen molar-refractivity contribution in [2.24, 2.45) is 0 Å². The summed E-state index contributed by atoms with van der Waals surface area (Å²) in [5.41, 5.74) is 1.19. The molecule has 1 aliphatic rings. The van der Waals surface area contributed by atoms with Gasteiger partial charge in [-0.15, -0.1) is 0 Å². The minimum atomic E-state index is -1.47. The molecule has 3 rings (SSSR count). The first-order valence-electron chi connectivity index (χ1n) is 6.48. The van der Waals surface area contributed by atoms with Gasteiger partial charge in [-0.25, -0.2) is 19.7 Å². The minimum Gasteiger partial charge on any atom is -0.479 e. The van der Waals surface area contributed by atoms with Crippen LogP contribution in [0.1, 0.15) is 12.8 Å². The van der Waals surface area contributed by atoms with E-state index in [4.69, 9.17) is 5.11 Å². The highest BCUT2D eigenvalue weighted by Gasteiger charge is 2.21. The van der Waals surface area contributed by atoms with Crippen molar-refractivity contribution in [1.29, 1.82) is 0 Å². The van der Waals surface area contributed by atoms with E-state index < -0.39 is 12.1 Å². The molecule has 0 amide bonds. The predicted molar refractivity (Wildman–Crippen MR) is 70.4 cm³/mol. The number of rotatable bonds is 4. The van der Waals surface area contributed by atoms with Gasteiger partial charge in [0, 0.05) is 13.1 Å². The summed E-state index contributed by atoms with van der Waals surface area (Å²) in [6, 6.07) is 0. The van der Waals surface area contributed by atoms with Gasteiger partial charge in [0.05, 0.1) is 12.9 Å². The lowest BCUT2D eigenvalue weighted by molar-refractivity contribution is -0.147. The fourth-order valence-electron chi connectivity index (χ4n) is 2.43. The molecule has 2 N–H and O–H groups in total. The van der Waals surface area contributed by atoms with Crippen molar-refractivity contribution < 1.29 is 15.0 Å². The average molecular weight is 277 g/mol. The van der Waals surface area contributed by atoms with Crippen molar-refractivity contribution in [1.82, 2.24) is 19.5 Å². The maximum atomic E-state index is 10.7. The van der Waals surface area contributed by atoms with Crippen LogP contribution >= 0.6 is 0 Å². The van der Waals surface area contributed by atoms with Crippen molar-refractivity contribution in [2.75, 3.05) is 18.0 Å². The second kappa shape index (κ2) is 5.04. The maximum absolute atomic E-state index is 10.7. The summed E-state index contributed by atoms with van der Waals surface area (Å²) in [4.78, 5) is 25.5. The van der Waals surface area contributed by atoms with Gasteiger partial charge in [0.1, 0.15) is 6.33 Å². The number of aliphatic hydroxyl groups excluding tert-OH is 1. The summed E-state index contributed by atoms with van der Waals surface area (Å²) in [5.74, 6) is -0.489. The maximum Gasteiger partial charge on any atom is 0.334 e. The lowest BCUT2D eigenvalue weighted by Crippen LogP contribution is -2.25. The van der Waals surface area contributed by atoms with E-state index in [0.717, 1.165) is 31.7 Å². The van der Waals surface area contributed by atoms with Crippen molar-refractivity contribution in [3.63, 3.8) is 0 Å². The van der Waals surface area contributed by atoms with Crippen LogP contribution in [0.4, 0.5) is 5.82 Å². The van der Waals surface area contributed by atoms with Crippen LogP contribution in [0.15, 0.2) is 12.7 Å². The SMILES string of the molecule is O=C(O)C(O)Cn1cnc2c(N3CCCC3)ncnc21. The van der Waals surface area contributed by atoms with E-state index in [1.54, 1.807) is 0 Å². The summed E-state index contributed by atoms with van der Waals surface area (Å²) >= 11 is 0. The molecule has 1 fully saturated rings. The molecule has 0 aliphatic carbocycles. The highest BCUT2D eigenvalue weighted by Crippen LogP contribution is 2.24. The lowest BCUT2D eigenvalue weighted by atomic mass is 10.3. The summed E-state index contributed by atoms with van der Waals surface area (Å²) < 4.78 is 1.54. The van der Waals surface area contributed by atoms with E-state index in [1.165, 1.54) is 17.2 Å². The number of imidazole rings is 1. The van der Waals surface area contributed by atoms with E-state index >= 15 is 0 Å². The number of anilines is 1. The Bertz CT molecular complexity index is 635. The smallest absolute Gasteiger partial charge is 0.334 e. The summed E-state index contributed by atoms with van der Waals surface area (Å²) in [6.07, 6.45) is 3.72. The van der Waals surface area contributed by atoms with Crippen molar-refractivity contribution in [3.8, 4) is 0 Å². The highest BCUT2D eigenvalue weighted by molar-refractivity contribution is 5.83. The van der Waals surface area contributed by atoms with Crippen LogP contribution in [0.5, 0.6) is 0 Å². The van der Waals surface area contributed by atoms with Gasteiger partial charge < -0.3 is 19.7 Å². The monoisotopic (exact) mass is 277 g/mol. The van der Waals surface area contributed by atoms with Gasteiger partial charge in [-0.1, -0.05) is 0 Å². The van der Waals surface area contributed by atoms with Gasteiger partial charge in [-0.2, -0.15) is 0 Å². The quantitative estimate of drug-likeness (QED) is 0.802. The lowest BCUT2D eigenvalue weighted by Gasteiger charge is -2.16. The van der Waals surface area contributed by atoms with Crippen LogP contribution in [0, 0.1) is 0 Å². The molecule has 106 valence electrons. The van der Waals surface area contributed by atoms with Gasteiger partial charge in [0.2, 0.25) is 0 Å². The Hall–Kier alpha value is -2.22. The molecule has 1 aliphatic heterocycles. The van der Waals surface area contributed by atoms with E-state index in [-0.39, 0.29) is 6.54 Å². The minimum absolute atomic E-state index is 0.0811. The van der Waals surface area contributed by atoms with E-state index in [9.17, 15) is 9.90 Å². The highest BCUT2D eigenvalue weighted by atomic mass is 16.4. The third kappa shape index (κ3) is 2.18. The fraction of sp³-hybridized carbons (Fsp3) is 0.500.